The molecule has 222 valence electrons. The minimum absolute atomic E-state index is 0.00247. The number of amides is 2. The first-order chi connectivity index (χ1) is 20.0. The maximum Gasteiger partial charge on any atom is 0.410 e. The van der Waals surface area contributed by atoms with Crippen molar-refractivity contribution in [1.29, 1.82) is 0 Å². The van der Waals surface area contributed by atoms with E-state index in [1.54, 1.807) is 30.7 Å². The van der Waals surface area contributed by atoms with Gasteiger partial charge in [0.05, 0.1) is 5.56 Å². The van der Waals surface area contributed by atoms with E-state index in [1.807, 2.05) is 43.9 Å². The highest BCUT2D eigenvalue weighted by Gasteiger charge is 2.37. The zero-order valence-electron chi connectivity index (χ0n) is 25.3. The standard InChI is InChI=1S/C33H42N6O3/c1-32(2,3)42-31(41)38-17-12-24(13-18-38)21-39-22-33(4,5)27-9-8-25(19-28(27)39)37-30(40)26-7-6-14-35-29(26)36-20-23-10-15-34-16-11-23/h6-11,14-16,19,24H,12-13,17-18,20-22H2,1-5H3,(H,35,36)(H,37,40). The highest BCUT2D eigenvalue weighted by molar-refractivity contribution is 6.07. The third-order valence-corrected chi connectivity index (χ3v) is 7.92. The number of nitrogens with one attached hydrogen (secondary N) is 2. The van der Waals surface area contributed by atoms with Crippen molar-refractivity contribution >= 4 is 29.2 Å². The molecule has 1 fully saturated rings. The third-order valence-electron chi connectivity index (χ3n) is 7.92. The molecule has 42 heavy (non-hydrogen) atoms. The maximum atomic E-state index is 13.4. The summed E-state index contributed by atoms with van der Waals surface area (Å²) in [5.74, 6) is 0.806. The van der Waals surface area contributed by atoms with Crippen LogP contribution in [0, 0.1) is 5.92 Å². The summed E-state index contributed by atoms with van der Waals surface area (Å²) >= 11 is 0. The first-order valence-corrected chi connectivity index (χ1v) is 14.7. The van der Waals surface area contributed by atoms with Gasteiger partial charge in [0.15, 0.2) is 0 Å². The van der Waals surface area contributed by atoms with Gasteiger partial charge in [-0.05, 0) is 87.1 Å². The SMILES string of the molecule is CC(C)(C)OC(=O)N1CCC(CN2CC(C)(C)c3ccc(NC(=O)c4cccnc4NCc4ccncc4)cc32)CC1. The molecule has 0 unspecified atom stereocenters. The van der Waals surface area contributed by atoms with E-state index in [4.69, 9.17) is 4.74 Å². The van der Waals surface area contributed by atoms with Gasteiger partial charge in [0.1, 0.15) is 11.4 Å². The highest BCUT2D eigenvalue weighted by Crippen LogP contribution is 2.42. The van der Waals surface area contributed by atoms with E-state index in [1.165, 1.54) is 5.56 Å². The molecule has 0 spiro atoms. The summed E-state index contributed by atoms with van der Waals surface area (Å²) < 4.78 is 5.57. The predicted molar refractivity (Wildman–Crippen MR) is 166 cm³/mol. The Morgan fingerprint density at radius 2 is 1.79 bits per heavy atom. The fraction of sp³-hybridized carbons (Fsp3) is 0.455. The molecule has 1 aromatic carbocycles. The Morgan fingerprint density at radius 3 is 2.50 bits per heavy atom. The molecule has 9 nitrogen and oxygen atoms in total. The van der Waals surface area contributed by atoms with Crippen LogP contribution in [-0.4, -0.2) is 58.6 Å². The second-order valence-corrected chi connectivity index (χ2v) is 13.0. The van der Waals surface area contributed by atoms with Crippen LogP contribution in [0.25, 0.3) is 0 Å². The first kappa shape index (κ1) is 29.4. The van der Waals surface area contributed by atoms with Crippen LogP contribution >= 0.6 is 0 Å². The molecule has 0 bridgehead atoms. The van der Waals surface area contributed by atoms with Crippen LogP contribution in [0.1, 0.15) is 68.9 Å². The topological polar surface area (TPSA) is 99.7 Å². The molecule has 0 radical (unpaired) electrons. The number of benzene rings is 1. The van der Waals surface area contributed by atoms with E-state index in [0.29, 0.717) is 36.9 Å². The molecule has 0 saturated carbocycles. The number of likely N-dealkylation sites (tertiary alicyclic amines) is 1. The van der Waals surface area contributed by atoms with Gasteiger partial charge in [0.2, 0.25) is 0 Å². The number of carbonyl (C=O) groups excluding carboxylic acids is 2. The monoisotopic (exact) mass is 570 g/mol. The van der Waals surface area contributed by atoms with E-state index in [2.05, 4.69) is 51.5 Å². The molecule has 2 N–H and O–H groups in total. The predicted octanol–water partition coefficient (Wildman–Crippen LogP) is 6.09. The molecule has 1 saturated heterocycles. The van der Waals surface area contributed by atoms with Gasteiger partial charge in [0, 0.05) is 68.1 Å². The quantitative estimate of drug-likeness (QED) is 0.355. The van der Waals surface area contributed by atoms with Crippen LogP contribution in [0.4, 0.5) is 22.0 Å². The Hall–Kier alpha value is -4.14. The van der Waals surface area contributed by atoms with Crippen molar-refractivity contribution in [3.8, 4) is 0 Å². The Morgan fingerprint density at radius 1 is 1.05 bits per heavy atom. The lowest BCUT2D eigenvalue weighted by atomic mass is 9.87. The maximum absolute atomic E-state index is 13.4. The van der Waals surface area contributed by atoms with Crippen LogP contribution in [0.2, 0.25) is 0 Å². The molecule has 5 rings (SSSR count). The molecule has 2 aromatic heterocycles. The van der Waals surface area contributed by atoms with Crippen molar-refractivity contribution < 1.29 is 14.3 Å². The van der Waals surface area contributed by atoms with Crippen LogP contribution in [0.3, 0.4) is 0 Å². The Bertz CT molecular complexity index is 1410. The van der Waals surface area contributed by atoms with E-state index in [9.17, 15) is 9.59 Å². The summed E-state index contributed by atoms with van der Waals surface area (Å²) in [7, 11) is 0. The van der Waals surface area contributed by atoms with Gasteiger partial charge in [-0.15, -0.1) is 0 Å². The number of anilines is 3. The van der Waals surface area contributed by atoms with Crippen molar-refractivity contribution in [3.63, 3.8) is 0 Å². The Kier molecular flexibility index (Phi) is 8.38. The molecule has 9 heteroatoms. The number of ether oxygens (including phenoxy) is 1. The second kappa shape index (κ2) is 12.0. The molecule has 3 aromatic rings. The zero-order valence-corrected chi connectivity index (χ0v) is 25.3. The van der Waals surface area contributed by atoms with E-state index in [0.717, 1.165) is 42.9 Å². The number of aromatic nitrogens is 2. The van der Waals surface area contributed by atoms with Crippen molar-refractivity contribution in [3.05, 3.63) is 77.7 Å². The molecule has 4 heterocycles. The smallest absolute Gasteiger partial charge is 0.410 e. The van der Waals surface area contributed by atoms with Crippen molar-refractivity contribution in [2.75, 3.05) is 41.7 Å². The minimum Gasteiger partial charge on any atom is -0.444 e. The number of hydrogen-bond acceptors (Lipinski definition) is 7. The fourth-order valence-electron chi connectivity index (χ4n) is 5.80. The molecular formula is C33H42N6O3. The lowest BCUT2D eigenvalue weighted by molar-refractivity contribution is 0.0186. The lowest BCUT2D eigenvalue weighted by Crippen LogP contribution is -2.44. The molecule has 0 aliphatic carbocycles. The Balaban J connectivity index is 1.24. The van der Waals surface area contributed by atoms with Gasteiger partial charge in [-0.2, -0.15) is 0 Å². The summed E-state index contributed by atoms with van der Waals surface area (Å²) in [4.78, 5) is 38.6. The molecular weight excluding hydrogens is 528 g/mol. The van der Waals surface area contributed by atoms with Crippen molar-refractivity contribution in [2.45, 2.75) is 65.0 Å². The summed E-state index contributed by atoms with van der Waals surface area (Å²) in [5, 5.41) is 6.38. The Labute approximate surface area is 248 Å². The number of piperidine rings is 1. The lowest BCUT2D eigenvalue weighted by Gasteiger charge is -2.35. The van der Waals surface area contributed by atoms with Gasteiger partial charge in [-0.3, -0.25) is 9.78 Å². The summed E-state index contributed by atoms with van der Waals surface area (Å²) in [6, 6.07) is 13.6. The van der Waals surface area contributed by atoms with Crippen LogP contribution < -0.4 is 15.5 Å². The largest absolute Gasteiger partial charge is 0.444 e. The molecule has 2 aliphatic rings. The summed E-state index contributed by atoms with van der Waals surface area (Å²) in [6.07, 6.45) is 6.83. The summed E-state index contributed by atoms with van der Waals surface area (Å²) in [6.45, 7) is 14.0. The number of rotatable bonds is 7. The van der Waals surface area contributed by atoms with Crippen molar-refractivity contribution in [2.24, 2.45) is 5.92 Å². The zero-order chi connectivity index (χ0) is 29.9. The number of carbonyl (C=O) groups is 2. The number of fused-ring (bicyclic) bond motifs is 1. The van der Waals surface area contributed by atoms with E-state index in [-0.39, 0.29) is 17.4 Å². The van der Waals surface area contributed by atoms with Gasteiger partial charge in [-0.25, -0.2) is 9.78 Å². The van der Waals surface area contributed by atoms with Gasteiger partial charge < -0.3 is 25.2 Å². The molecule has 0 atom stereocenters. The number of nitrogens with zero attached hydrogens (tertiary/aromatic N) is 4. The minimum atomic E-state index is -0.485. The van der Waals surface area contributed by atoms with Crippen LogP contribution in [0.5, 0.6) is 0 Å². The van der Waals surface area contributed by atoms with E-state index < -0.39 is 5.60 Å². The highest BCUT2D eigenvalue weighted by atomic mass is 16.6. The summed E-state index contributed by atoms with van der Waals surface area (Å²) in [5.41, 5.74) is 4.26. The second-order valence-electron chi connectivity index (χ2n) is 13.0. The fourth-order valence-corrected chi connectivity index (χ4v) is 5.80. The third kappa shape index (κ3) is 7.01. The van der Waals surface area contributed by atoms with Crippen LogP contribution in [-0.2, 0) is 16.7 Å². The van der Waals surface area contributed by atoms with E-state index >= 15 is 0 Å². The number of pyridine rings is 2. The average molecular weight is 571 g/mol. The average Bonchev–Trinajstić information content (AvgIpc) is 3.20. The first-order valence-electron chi connectivity index (χ1n) is 14.7. The van der Waals surface area contributed by atoms with Crippen molar-refractivity contribution in [1.82, 2.24) is 14.9 Å². The van der Waals surface area contributed by atoms with Gasteiger partial charge in [0.25, 0.3) is 5.91 Å². The number of hydrogen-bond donors (Lipinski definition) is 2. The van der Waals surface area contributed by atoms with Gasteiger partial charge >= 0.3 is 6.09 Å². The molecule has 2 amide bonds. The van der Waals surface area contributed by atoms with Gasteiger partial charge in [-0.1, -0.05) is 19.9 Å². The normalized spacial score (nSPS) is 16.6. The van der Waals surface area contributed by atoms with Crippen LogP contribution in [0.15, 0.2) is 61.1 Å². The molecule has 2 aliphatic heterocycles.